The first-order chi connectivity index (χ1) is 29.0. The Bertz CT molecular complexity index is 2390. The van der Waals surface area contributed by atoms with Crippen molar-refractivity contribution in [3.05, 3.63) is 228 Å². The van der Waals surface area contributed by atoms with E-state index in [0.29, 0.717) is 17.0 Å². The molecule has 2 aromatic heterocycles. The van der Waals surface area contributed by atoms with Crippen LogP contribution in [0.4, 0.5) is 10.2 Å². The molecular formula is C50H44FN5O3. The zero-order valence-corrected chi connectivity index (χ0v) is 32.8. The normalized spacial score (nSPS) is 18.2. The highest BCUT2D eigenvalue weighted by Gasteiger charge is 2.53. The van der Waals surface area contributed by atoms with Gasteiger partial charge < -0.3 is 19.1 Å². The predicted molar refractivity (Wildman–Crippen MR) is 228 cm³/mol. The third-order valence-corrected chi connectivity index (χ3v) is 11.2. The molecule has 0 saturated carbocycles. The minimum absolute atomic E-state index is 0.0424. The van der Waals surface area contributed by atoms with Crippen LogP contribution in [0.5, 0.6) is 0 Å². The third kappa shape index (κ3) is 6.87. The number of nitrogens with zero attached hydrogens (tertiary/aromatic N) is 5. The lowest BCUT2D eigenvalue weighted by Gasteiger charge is -2.40. The van der Waals surface area contributed by atoms with Crippen LogP contribution in [0, 0.1) is 0 Å². The fourth-order valence-electron chi connectivity index (χ4n) is 8.45. The molecule has 9 heteroatoms. The van der Waals surface area contributed by atoms with E-state index in [2.05, 4.69) is 51.4 Å². The lowest BCUT2D eigenvalue weighted by molar-refractivity contribution is -0.128. The molecule has 0 unspecified atom stereocenters. The molecule has 0 bridgehead atoms. The molecule has 0 radical (unpaired) electrons. The van der Waals surface area contributed by atoms with Crippen molar-refractivity contribution < 1.29 is 18.6 Å². The fraction of sp³-hybridized carbons (Fsp3) is 0.180. The van der Waals surface area contributed by atoms with Crippen molar-refractivity contribution in [2.75, 3.05) is 25.6 Å². The van der Waals surface area contributed by atoms with Crippen LogP contribution in [0.1, 0.15) is 39.6 Å². The zero-order valence-electron chi connectivity index (χ0n) is 32.8. The number of halogens is 1. The average Bonchev–Trinajstić information content (AvgIpc) is 3.87. The molecule has 294 valence electrons. The molecule has 1 saturated heterocycles. The van der Waals surface area contributed by atoms with Crippen molar-refractivity contribution in [3.63, 3.8) is 0 Å². The number of benzene rings is 6. The molecule has 0 aliphatic carbocycles. The minimum atomic E-state index is -1.70. The molecule has 9 rings (SSSR count). The quantitative estimate of drug-likeness (QED) is 0.108. The Balaban J connectivity index is 1.22. The van der Waals surface area contributed by atoms with Gasteiger partial charge in [-0.1, -0.05) is 182 Å². The second-order valence-corrected chi connectivity index (χ2v) is 14.9. The number of anilines is 1. The van der Waals surface area contributed by atoms with E-state index >= 15 is 4.39 Å². The van der Waals surface area contributed by atoms with E-state index < -0.39 is 35.8 Å². The van der Waals surface area contributed by atoms with Gasteiger partial charge in [0.2, 0.25) is 0 Å². The highest BCUT2D eigenvalue weighted by atomic mass is 19.1. The molecule has 1 aliphatic rings. The van der Waals surface area contributed by atoms with Gasteiger partial charge in [0.1, 0.15) is 29.7 Å². The van der Waals surface area contributed by atoms with Crippen molar-refractivity contribution in [2.45, 2.75) is 35.8 Å². The highest BCUT2D eigenvalue weighted by Crippen LogP contribution is 2.47. The molecule has 0 spiro atoms. The fourth-order valence-corrected chi connectivity index (χ4v) is 8.45. The summed E-state index contributed by atoms with van der Waals surface area (Å²) in [4.78, 5) is 15.6. The van der Waals surface area contributed by atoms with Crippen molar-refractivity contribution in [2.24, 2.45) is 0 Å². The highest BCUT2D eigenvalue weighted by molar-refractivity contribution is 5.83. The van der Waals surface area contributed by atoms with Crippen molar-refractivity contribution in [1.29, 1.82) is 0 Å². The summed E-state index contributed by atoms with van der Waals surface area (Å²) in [5.74, 6) is 0.615. The first kappa shape index (κ1) is 38.0. The molecule has 6 aromatic carbocycles. The van der Waals surface area contributed by atoms with E-state index in [1.807, 2.05) is 165 Å². The molecule has 59 heavy (non-hydrogen) atoms. The van der Waals surface area contributed by atoms with Gasteiger partial charge in [0, 0.05) is 14.1 Å². The second-order valence-electron chi connectivity index (χ2n) is 14.9. The molecule has 0 N–H and O–H groups in total. The van der Waals surface area contributed by atoms with E-state index in [1.54, 1.807) is 10.9 Å². The number of alkyl halides is 1. The number of hydrogen-bond donors (Lipinski definition) is 0. The molecule has 1 fully saturated rings. The zero-order chi connectivity index (χ0) is 40.2. The summed E-state index contributed by atoms with van der Waals surface area (Å²) in [6.45, 7) is -0.0424. The Morgan fingerprint density at radius 3 is 1.39 bits per heavy atom. The second kappa shape index (κ2) is 16.4. The van der Waals surface area contributed by atoms with Gasteiger partial charge in [-0.15, -0.1) is 0 Å². The largest absolute Gasteiger partial charge is 0.361 e. The molecule has 8 aromatic rings. The van der Waals surface area contributed by atoms with E-state index in [4.69, 9.17) is 14.2 Å². The summed E-state index contributed by atoms with van der Waals surface area (Å²) in [6.07, 6.45) is -1.91. The Labute approximate surface area is 343 Å². The monoisotopic (exact) mass is 781 g/mol. The summed E-state index contributed by atoms with van der Waals surface area (Å²) in [5.41, 5.74) is 3.93. The first-order valence-electron chi connectivity index (χ1n) is 19.8. The minimum Gasteiger partial charge on any atom is -0.361 e. The number of aromatic nitrogens is 4. The molecule has 4 atom stereocenters. The topological polar surface area (TPSA) is 74.5 Å². The maximum atomic E-state index is 18.1. The number of rotatable bonds is 13. The number of hydrogen-bond acceptors (Lipinski definition) is 7. The van der Waals surface area contributed by atoms with Crippen LogP contribution in [0.3, 0.4) is 0 Å². The predicted octanol–water partition coefficient (Wildman–Crippen LogP) is 9.51. The summed E-state index contributed by atoms with van der Waals surface area (Å²) < 4.78 is 41.6. The van der Waals surface area contributed by atoms with Crippen LogP contribution in [0.15, 0.2) is 195 Å². The standard InChI is InChI=1S/C50H44FN5O3/c1-55(2)46-44-47(53-34-52-46)56(35-54-44)48-43(51)45(59-50(39-27-15-6-16-28-39,40-29-17-7-18-30-40)41-31-19-8-20-32-41)42(58-48)33-57-49(36-21-9-3-10-22-36,37-23-11-4-12-24-37)38-25-13-5-14-26-38/h3-32,34-35,42-43,45,48H,33H2,1-2H3/t42-,43+,45-,48-/m1/s1. The summed E-state index contributed by atoms with van der Waals surface area (Å²) in [7, 11) is 3.77. The van der Waals surface area contributed by atoms with Crippen LogP contribution in [0.25, 0.3) is 11.2 Å². The van der Waals surface area contributed by atoms with E-state index in [9.17, 15) is 0 Å². The van der Waals surface area contributed by atoms with Gasteiger partial charge in [-0.25, -0.2) is 19.3 Å². The van der Waals surface area contributed by atoms with Gasteiger partial charge >= 0.3 is 0 Å². The summed E-state index contributed by atoms with van der Waals surface area (Å²) in [5, 5.41) is 0. The lowest BCUT2D eigenvalue weighted by Crippen LogP contribution is -2.45. The molecule has 0 amide bonds. The van der Waals surface area contributed by atoms with Crippen LogP contribution in [-0.4, -0.2) is 58.6 Å². The van der Waals surface area contributed by atoms with Crippen LogP contribution >= 0.6 is 0 Å². The molecule has 1 aliphatic heterocycles. The van der Waals surface area contributed by atoms with Gasteiger partial charge in [0.05, 0.1) is 12.9 Å². The summed E-state index contributed by atoms with van der Waals surface area (Å²) in [6, 6.07) is 60.4. The number of ether oxygens (including phenoxy) is 3. The van der Waals surface area contributed by atoms with Gasteiger partial charge in [-0.2, -0.15) is 0 Å². The summed E-state index contributed by atoms with van der Waals surface area (Å²) >= 11 is 0. The van der Waals surface area contributed by atoms with E-state index in [1.165, 1.54) is 6.33 Å². The Morgan fingerprint density at radius 2 is 0.983 bits per heavy atom. The van der Waals surface area contributed by atoms with Gasteiger partial charge in [0.15, 0.2) is 29.4 Å². The Morgan fingerprint density at radius 1 is 0.576 bits per heavy atom. The molecular weight excluding hydrogens is 738 g/mol. The smallest absolute Gasteiger partial charge is 0.174 e. The Hall–Kier alpha value is -6.52. The van der Waals surface area contributed by atoms with Crippen molar-refractivity contribution in [1.82, 2.24) is 19.5 Å². The van der Waals surface area contributed by atoms with E-state index in [-0.39, 0.29) is 6.61 Å². The average molecular weight is 782 g/mol. The molecule has 3 heterocycles. The van der Waals surface area contributed by atoms with Crippen LogP contribution in [-0.2, 0) is 25.4 Å². The Kier molecular flexibility index (Phi) is 10.6. The number of imidazole rings is 1. The first-order valence-corrected chi connectivity index (χ1v) is 19.8. The molecule has 8 nitrogen and oxygen atoms in total. The van der Waals surface area contributed by atoms with E-state index in [0.717, 1.165) is 33.4 Å². The number of fused-ring (bicyclic) bond motifs is 1. The van der Waals surface area contributed by atoms with Crippen LogP contribution in [0.2, 0.25) is 0 Å². The SMILES string of the molecule is CN(C)c1ncnc2c1ncn2[C@@H]1O[C@H](COC(c2ccccc2)(c2ccccc2)c2ccccc2)[C@@H](OC(c2ccccc2)(c2ccccc2)c2ccccc2)[C@@H]1F. The van der Waals surface area contributed by atoms with Crippen LogP contribution < -0.4 is 4.90 Å². The van der Waals surface area contributed by atoms with Gasteiger partial charge in [-0.05, 0) is 33.4 Å². The van der Waals surface area contributed by atoms with Gasteiger partial charge in [-0.3, -0.25) is 4.57 Å². The van der Waals surface area contributed by atoms with Gasteiger partial charge in [0.25, 0.3) is 0 Å². The van der Waals surface area contributed by atoms with Crippen molar-refractivity contribution >= 4 is 17.0 Å². The third-order valence-electron chi connectivity index (χ3n) is 11.2. The van der Waals surface area contributed by atoms with Crippen molar-refractivity contribution in [3.8, 4) is 0 Å². The maximum absolute atomic E-state index is 18.1. The maximum Gasteiger partial charge on any atom is 0.174 e. The lowest BCUT2D eigenvalue weighted by atomic mass is 9.79.